The molecule has 21 heavy (non-hydrogen) atoms. The molecule has 1 aromatic carbocycles. The van der Waals surface area contributed by atoms with E-state index in [1.165, 1.54) is 6.07 Å². The number of rotatable bonds is 2. The van der Waals surface area contributed by atoms with Crippen molar-refractivity contribution in [2.45, 2.75) is 57.2 Å². The molecule has 1 nitrogen and oxygen atoms in total. The molecule has 118 valence electrons. The highest BCUT2D eigenvalue weighted by Gasteiger charge is 2.38. The summed E-state index contributed by atoms with van der Waals surface area (Å²) in [5.74, 6) is -0.795. The third kappa shape index (κ3) is 3.57. The Bertz CT molecular complexity index is 498. The summed E-state index contributed by atoms with van der Waals surface area (Å²) in [6, 6.07) is 2.84. The Balaban J connectivity index is 2.32. The van der Waals surface area contributed by atoms with E-state index < -0.39 is 23.2 Å². The highest BCUT2D eigenvalue weighted by Crippen LogP contribution is 2.41. The Kier molecular flexibility index (Phi) is 4.61. The first kappa shape index (κ1) is 16.3. The summed E-state index contributed by atoms with van der Waals surface area (Å²) in [6.07, 6.45) is -0.354. The minimum atomic E-state index is -4.74. The lowest BCUT2D eigenvalue weighted by atomic mass is 9.85. The highest BCUT2D eigenvalue weighted by atomic mass is 19.4. The predicted octanol–water partition coefficient (Wildman–Crippen LogP) is 5.02. The van der Waals surface area contributed by atoms with Gasteiger partial charge in [-0.3, -0.25) is 0 Å². The van der Waals surface area contributed by atoms with Crippen molar-refractivity contribution in [2.24, 2.45) is 5.92 Å². The zero-order chi connectivity index (χ0) is 15.7. The SMILES string of the molecule is CCC1CCCC(O)(c2ccc(F)c(C(F)(F)F)c2)CC1. The molecule has 0 radical (unpaired) electrons. The van der Waals surface area contributed by atoms with Crippen LogP contribution < -0.4 is 0 Å². The number of alkyl halides is 3. The van der Waals surface area contributed by atoms with E-state index >= 15 is 0 Å². The lowest BCUT2D eigenvalue weighted by Crippen LogP contribution is -2.26. The van der Waals surface area contributed by atoms with Gasteiger partial charge in [0.1, 0.15) is 5.82 Å². The largest absolute Gasteiger partial charge is 0.419 e. The molecule has 1 aromatic rings. The second-order valence-electron chi connectivity index (χ2n) is 5.93. The molecule has 1 saturated carbocycles. The van der Waals surface area contributed by atoms with Crippen molar-refractivity contribution >= 4 is 0 Å². The highest BCUT2D eigenvalue weighted by molar-refractivity contribution is 5.31. The van der Waals surface area contributed by atoms with E-state index in [1.54, 1.807) is 0 Å². The van der Waals surface area contributed by atoms with E-state index in [0.717, 1.165) is 37.8 Å². The van der Waals surface area contributed by atoms with Gasteiger partial charge in [0.05, 0.1) is 11.2 Å². The minimum absolute atomic E-state index is 0.174. The third-order valence-electron chi connectivity index (χ3n) is 4.56. The Labute approximate surface area is 122 Å². The summed E-state index contributed by atoms with van der Waals surface area (Å²) in [5.41, 5.74) is -2.41. The smallest absolute Gasteiger partial charge is 0.385 e. The summed E-state index contributed by atoms with van der Waals surface area (Å²) in [4.78, 5) is 0. The van der Waals surface area contributed by atoms with Crippen molar-refractivity contribution in [3.05, 3.63) is 35.1 Å². The van der Waals surface area contributed by atoms with E-state index in [2.05, 4.69) is 6.92 Å². The van der Waals surface area contributed by atoms with E-state index in [0.29, 0.717) is 18.8 Å². The van der Waals surface area contributed by atoms with Crippen molar-refractivity contribution in [3.63, 3.8) is 0 Å². The molecule has 2 atom stereocenters. The van der Waals surface area contributed by atoms with Crippen LogP contribution >= 0.6 is 0 Å². The molecular formula is C16H20F4O. The summed E-state index contributed by atoms with van der Waals surface area (Å²) in [5, 5.41) is 10.7. The van der Waals surface area contributed by atoms with Crippen LogP contribution in [-0.4, -0.2) is 5.11 Å². The lowest BCUT2D eigenvalue weighted by molar-refractivity contribution is -0.140. The van der Waals surface area contributed by atoms with E-state index in [1.807, 2.05) is 0 Å². The van der Waals surface area contributed by atoms with Crippen LogP contribution in [0.3, 0.4) is 0 Å². The van der Waals surface area contributed by atoms with Crippen molar-refractivity contribution < 1.29 is 22.7 Å². The Morgan fingerprint density at radius 1 is 1.24 bits per heavy atom. The summed E-state index contributed by atoms with van der Waals surface area (Å²) in [7, 11) is 0. The van der Waals surface area contributed by atoms with Crippen LogP contribution in [0.5, 0.6) is 0 Å². The van der Waals surface area contributed by atoms with Crippen molar-refractivity contribution in [2.75, 3.05) is 0 Å². The van der Waals surface area contributed by atoms with Gasteiger partial charge in [-0.1, -0.05) is 25.8 Å². The fraction of sp³-hybridized carbons (Fsp3) is 0.625. The number of halogens is 4. The molecule has 0 heterocycles. The summed E-state index contributed by atoms with van der Waals surface area (Å²) < 4.78 is 51.7. The van der Waals surface area contributed by atoms with Gasteiger partial charge in [-0.25, -0.2) is 4.39 Å². The maximum absolute atomic E-state index is 13.4. The zero-order valence-electron chi connectivity index (χ0n) is 12.0. The minimum Gasteiger partial charge on any atom is -0.385 e. The van der Waals surface area contributed by atoms with Crippen molar-refractivity contribution in [1.29, 1.82) is 0 Å². The first-order chi connectivity index (χ1) is 9.76. The molecule has 0 aromatic heterocycles. The topological polar surface area (TPSA) is 20.2 Å². The Hall–Kier alpha value is -1.10. The van der Waals surface area contributed by atoms with Gasteiger partial charge in [0, 0.05) is 0 Å². The average molecular weight is 304 g/mol. The van der Waals surface area contributed by atoms with Crippen molar-refractivity contribution in [3.8, 4) is 0 Å². The third-order valence-corrected chi connectivity index (χ3v) is 4.56. The summed E-state index contributed by atoms with van der Waals surface area (Å²) >= 11 is 0. The molecule has 0 aliphatic heterocycles. The number of hydrogen-bond acceptors (Lipinski definition) is 1. The summed E-state index contributed by atoms with van der Waals surface area (Å²) in [6.45, 7) is 2.08. The normalized spacial score (nSPS) is 27.4. The van der Waals surface area contributed by atoms with Crippen LogP contribution in [0.25, 0.3) is 0 Å². The monoisotopic (exact) mass is 304 g/mol. The van der Waals surface area contributed by atoms with Gasteiger partial charge in [-0.15, -0.1) is 0 Å². The first-order valence-electron chi connectivity index (χ1n) is 7.36. The molecule has 1 aliphatic carbocycles. The molecule has 1 N–H and O–H groups in total. The van der Waals surface area contributed by atoms with Gasteiger partial charge >= 0.3 is 6.18 Å². The van der Waals surface area contributed by atoms with Crippen LogP contribution in [0, 0.1) is 11.7 Å². The first-order valence-corrected chi connectivity index (χ1v) is 7.36. The average Bonchev–Trinajstić information content (AvgIpc) is 2.60. The van der Waals surface area contributed by atoms with Crippen LogP contribution in [0.2, 0.25) is 0 Å². The molecule has 5 heteroatoms. The molecule has 0 amide bonds. The molecule has 1 fully saturated rings. The standard InChI is InChI=1S/C16H20F4O/c1-2-11-4-3-8-15(21,9-7-11)12-5-6-14(17)13(10-12)16(18,19)20/h5-6,10-11,21H,2-4,7-9H2,1H3. The fourth-order valence-corrected chi connectivity index (χ4v) is 3.12. The van der Waals surface area contributed by atoms with Gasteiger partial charge in [-0.05, 0) is 49.3 Å². The van der Waals surface area contributed by atoms with Gasteiger partial charge in [0.15, 0.2) is 0 Å². The number of benzene rings is 1. The lowest BCUT2D eigenvalue weighted by Gasteiger charge is -2.28. The molecule has 0 bridgehead atoms. The quantitative estimate of drug-likeness (QED) is 0.600. The second-order valence-corrected chi connectivity index (χ2v) is 5.93. The van der Waals surface area contributed by atoms with Crippen LogP contribution in [0.4, 0.5) is 17.6 Å². The predicted molar refractivity (Wildman–Crippen MR) is 72.2 cm³/mol. The maximum atomic E-state index is 13.4. The zero-order valence-corrected chi connectivity index (χ0v) is 12.0. The van der Waals surface area contributed by atoms with E-state index in [-0.39, 0.29) is 5.56 Å². The van der Waals surface area contributed by atoms with Gasteiger partial charge < -0.3 is 5.11 Å². The molecular weight excluding hydrogens is 284 g/mol. The number of aliphatic hydroxyl groups is 1. The molecule has 0 saturated heterocycles. The van der Waals surface area contributed by atoms with Crippen molar-refractivity contribution in [1.82, 2.24) is 0 Å². The Morgan fingerprint density at radius 3 is 2.57 bits per heavy atom. The van der Waals surface area contributed by atoms with Gasteiger partial charge in [0.2, 0.25) is 0 Å². The Morgan fingerprint density at radius 2 is 1.95 bits per heavy atom. The maximum Gasteiger partial charge on any atom is 0.419 e. The molecule has 2 unspecified atom stereocenters. The van der Waals surface area contributed by atoms with Crippen LogP contribution in [-0.2, 0) is 11.8 Å². The van der Waals surface area contributed by atoms with Crippen LogP contribution in [0.15, 0.2) is 18.2 Å². The molecule has 1 aliphatic rings. The molecule has 2 rings (SSSR count). The van der Waals surface area contributed by atoms with E-state index in [4.69, 9.17) is 0 Å². The van der Waals surface area contributed by atoms with Gasteiger partial charge in [0.25, 0.3) is 0 Å². The van der Waals surface area contributed by atoms with Crippen LogP contribution in [0.1, 0.15) is 56.6 Å². The van der Waals surface area contributed by atoms with Gasteiger partial charge in [-0.2, -0.15) is 13.2 Å². The number of hydrogen-bond donors (Lipinski definition) is 1. The fourth-order valence-electron chi connectivity index (χ4n) is 3.12. The second kappa shape index (κ2) is 5.95. The van der Waals surface area contributed by atoms with E-state index in [9.17, 15) is 22.7 Å². The molecule has 0 spiro atoms.